The molecular weight excluding hydrogens is 574 g/mol. The quantitative estimate of drug-likeness (QED) is 0.197. The van der Waals surface area contributed by atoms with Crippen molar-refractivity contribution in [2.75, 3.05) is 0 Å². The van der Waals surface area contributed by atoms with Crippen LogP contribution in [0.4, 0.5) is 0 Å². The lowest BCUT2D eigenvalue weighted by molar-refractivity contribution is 0.669. The second-order valence-electron chi connectivity index (χ2n) is 11.7. The number of furan rings is 1. The van der Waals surface area contributed by atoms with E-state index in [1.165, 1.54) is 16.3 Å². The standard InChI is InChI=1S/C43H27N3O/c1-3-11-30(12-4-1)41-44-42(31-13-5-2-6-14-31)46-43(45-41)32-21-19-29(20-22-32)36-16-9-17-38-40(36)37-25-24-35(27-39(37)47-38)34-23-18-28-10-7-8-15-33(28)26-34/h1-27H. The van der Waals surface area contributed by atoms with Crippen LogP contribution in [0.3, 0.4) is 0 Å². The number of aromatic nitrogens is 3. The molecule has 0 saturated carbocycles. The highest BCUT2D eigenvalue weighted by atomic mass is 16.3. The zero-order valence-corrected chi connectivity index (χ0v) is 25.3. The zero-order chi connectivity index (χ0) is 31.2. The Bertz CT molecular complexity index is 2500. The summed E-state index contributed by atoms with van der Waals surface area (Å²) in [7, 11) is 0. The van der Waals surface area contributed by atoms with Crippen molar-refractivity contribution < 1.29 is 4.42 Å². The highest BCUT2D eigenvalue weighted by molar-refractivity contribution is 6.13. The van der Waals surface area contributed by atoms with E-state index in [1.807, 2.05) is 66.7 Å². The molecule has 0 fully saturated rings. The van der Waals surface area contributed by atoms with Gasteiger partial charge in [0.15, 0.2) is 17.5 Å². The van der Waals surface area contributed by atoms with Gasteiger partial charge in [0, 0.05) is 27.5 Å². The van der Waals surface area contributed by atoms with Crippen molar-refractivity contribution >= 4 is 32.7 Å². The summed E-state index contributed by atoms with van der Waals surface area (Å²) < 4.78 is 6.44. The van der Waals surface area contributed by atoms with Gasteiger partial charge in [0.25, 0.3) is 0 Å². The Morgan fingerprint density at radius 2 is 0.872 bits per heavy atom. The first-order valence-electron chi connectivity index (χ1n) is 15.7. The number of fused-ring (bicyclic) bond motifs is 4. The Balaban J connectivity index is 1.11. The largest absolute Gasteiger partial charge is 0.456 e. The van der Waals surface area contributed by atoms with Crippen molar-refractivity contribution in [1.29, 1.82) is 0 Å². The fourth-order valence-electron chi connectivity index (χ4n) is 6.35. The number of nitrogens with zero attached hydrogens (tertiary/aromatic N) is 3. The summed E-state index contributed by atoms with van der Waals surface area (Å²) in [5.41, 5.74) is 9.10. The molecule has 0 radical (unpaired) electrons. The van der Waals surface area contributed by atoms with Crippen LogP contribution in [0, 0.1) is 0 Å². The van der Waals surface area contributed by atoms with E-state index in [9.17, 15) is 0 Å². The summed E-state index contributed by atoms with van der Waals surface area (Å²) in [6, 6.07) is 56.4. The number of benzene rings is 7. The first-order valence-corrected chi connectivity index (χ1v) is 15.7. The molecule has 9 aromatic rings. The van der Waals surface area contributed by atoms with Crippen molar-refractivity contribution in [3.63, 3.8) is 0 Å². The molecular formula is C43H27N3O. The average Bonchev–Trinajstić information content (AvgIpc) is 3.53. The van der Waals surface area contributed by atoms with Gasteiger partial charge in [-0.25, -0.2) is 15.0 Å². The fraction of sp³-hybridized carbons (Fsp3) is 0. The van der Waals surface area contributed by atoms with Gasteiger partial charge >= 0.3 is 0 Å². The van der Waals surface area contributed by atoms with Crippen LogP contribution >= 0.6 is 0 Å². The molecule has 4 nitrogen and oxygen atoms in total. The summed E-state index contributed by atoms with van der Waals surface area (Å²) >= 11 is 0. The molecule has 47 heavy (non-hydrogen) atoms. The van der Waals surface area contributed by atoms with Gasteiger partial charge < -0.3 is 4.42 Å². The summed E-state index contributed by atoms with van der Waals surface area (Å²) in [5.74, 6) is 1.94. The van der Waals surface area contributed by atoms with Gasteiger partial charge in [0.1, 0.15) is 11.2 Å². The molecule has 0 spiro atoms. The zero-order valence-electron chi connectivity index (χ0n) is 25.3. The number of hydrogen-bond donors (Lipinski definition) is 0. The first kappa shape index (κ1) is 27.0. The average molecular weight is 602 g/mol. The Hall–Kier alpha value is -6.39. The summed E-state index contributed by atoms with van der Waals surface area (Å²) in [6.07, 6.45) is 0. The van der Waals surface area contributed by atoms with Crippen molar-refractivity contribution in [2.24, 2.45) is 0 Å². The molecule has 0 aliphatic rings. The highest BCUT2D eigenvalue weighted by Gasteiger charge is 2.16. The number of hydrogen-bond acceptors (Lipinski definition) is 4. The smallest absolute Gasteiger partial charge is 0.164 e. The maximum atomic E-state index is 6.44. The maximum Gasteiger partial charge on any atom is 0.164 e. The van der Waals surface area contributed by atoms with Gasteiger partial charge in [0.05, 0.1) is 0 Å². The van der Waals surface area contributed by atoms with E-state index in [0.29, 0.717) is 17.5 Å². The molecule has 0 saturated heterocycles. The topological polar surface area (TPSA) is 51.8 Å². The third kappa shape index (κ3) is 4.93. The molecule has 4 heteroatoms. The van der Waals surface area contributed by atoms with Crippen LogP contribution in [0.2, 0.25) is 0 Å². The first-order chi connectivity index (χ1) is 23.3. The Morgan fingerprint density at radius 1 is 0.340 bits per heavy atom. The van der Waals surface area contributed by atoms with E-state index >= 15 is 0 Å². The van der Waals surface area contributed by atoms with Crippen LogP contribution in [-0.4, -0.2) is 15.0 Å². The van der Waals surface area contributed by atoms with Gasteiger partial charge in [-0.3, -0.25) is 0 Å². The lowest BCUT2D eigenvalue weighted by atomic mass is 9.97. The van der Waals surface area contributed by atoms with Crippen molar-refractivity contribution in [1.82, 2.24) is 15.0 Å². The second kappa shape index (κ2) is 11.2. The third-order valence-corrected chi connectivity index (χ3v) is 8.73. The predicted molar refractivity (Wildman–Crippen MR) is 192 cm³/mol. The van der Waals surface area contributed by atoms with Gasteiger partial charge in [-0.2, -0.15) is 0 Å². The molecule has 9 rings (SSSR count). The molecule has 0 N–H and O–H groups in total. The van der Waals surface area contributed by atoms with Crippen LogP contribution in [0.15, 0.2) is 168 Å². The van der Waals surface area contributed by atoms with Gasteiger partial charge in [-0.05, 0) is 57.3 Å². The maximum absolute atomic E-state index is 6.44. The molecule has 0 aliphatic carbocycles. The second-order valence-corrected chi connectivity index (χ2v) is 11.7. The minimum atomic E-state index is 0.637. The minimum Gasteiger partial charge on any atom is -0.456 e. The Labute approximate surface area is 271 Å². The molecule has 2 aromatic heterocycles. The van der Waals surface area contributed by atoms with Gasteiger partial charge in [-0.1, -0.05) is 140 Å². The number of rotatable bonds is 5. The summed E-state index contributed by atoms with van der Waals surface area (Å²) in [5, 5.41) is 4.67. The van der Waals surface area contributed by atoms with E-state index in [-0.39, 0.29) is 0 Å². The normalized spacial score (nSPS) is 11.4. The lowest BCUT2D eigenvalue weighted by Crippen LogP contribution is -2.00. The van der Waals surface area contributed by atoms with Crippen molar-refractivity contribution in [3.05, 3.63) is 164 Å². The third-order valence-electron chi connectivity index (χ3n) is 8.73. The van der Waals surface area contributed by atoms with E-state index in [0.717, 1.165) is 55.3 Å². The van der Waals surface area contributed by atoms with Crippen molar-refractivity contribution in [2.45, 2.75) is 0 Å². The van der Waals surface area contributed by atoms with E-state index < -0.39 is 0 Å². The summed E-state index contributed by atoms with van der Waals surface area (Å²) in [6.45, 7) is 0. The Kier molecular flexibility index (Phi) is 6.43. The summed E-state index contributed by atoms with van der Waals surface area (Å²) in [4.78, 5) is 14.6. The van der Waals surface area contributed by atoms with Crippen LogP contribution in [0.1, 0.15) is 0 Å². The van der Waals surface area contributed by atoms with E-state index in [1.54, 1.807) is 0 Å². The van der Waals surface area contributed by atoms with Crippen molar-refractivity contribution in [3.8, 4) is 56.4 Å². The van der Waals surface area contributed by atoms with Crippen LogP contribution in [0.25, 0.3) is 89.1 Å². The molecule has 7 aromatic carbocycles. The molecule has 220 valence electrons. The predicted octanol–water partition coefficient (Wildman–Crippen LogP) is 11.3. The molecule has 0 unspecified atom stereocenters. The molecule has 0 amide bonds. The molecule has 0 aliphatic heterocycles. The Morgan fingerprint density at radius 3 is 1.55 bits per heavy atom. The lowest BCUT2D eigenvalue weighted by Gasteiger charge is -2.09. The molecule has 2 heterocycles. The molecule has 0 atom stereocenters. The SMILES string of the molecule is c1ccc(-c2nc(-c3ccccc3)nc(-c3ccc(-c4cccc5oc6cc(-c7ccc8ccccc8c7)ccc6c45)cc3)n2)cc1. The highest BCUT2D eigenvalue weighted by Crippen LogP contribution is 2.39. The minimum absolute atomic E-state index is 0.637. The van der Waals surface area contributed by atoms with Gasteiger partial charge in [0.2, 0.25) is 0 Å². The van der Waals surface area contributed by atoms with Crippen LogP contribution < -0.4 is 0 Å². The van der Waals surface area contributed by atoms with Crippen LogP contribution in [0.5, 0.6) is 0 Å². The monoisotopic (exact) mass is 601 g/mol. The van der Waals surface area contributed by atoms with Gasteiger partial charge in [-0.15, -0.1) is 0 Å². The van der Waals surface area contributed by atoms with E-state index in [4.69, 9.17) is 19.4 Å². The fourth-order valence-corrected chi connectivity index (χ4v) is 6.35. The molecule has 0 bridgehead atoms. The van der Waals surface area contributed by atoms with E-state index in [2.05, 4.69) is 97.1 Å². The van der Waals surface area contributed by atoms with Crippen LogP contribution in [-0.2, 0) is 0 Å².